The zero-order valence-electron chi connectivity index (χ0n) is 16.6. The third kappa shape index (κ3) is 3.13. The molecule has 10 heteroatoms. The predicted molar refractivity (Wildman–Crippen MR) is 117 cm³/mol. The second kappa shape index (κ2) is 7.07. The lowest BCUT2D eigenvalue weighted by molar-refractivity contribution is 0.241. The standard InChI is InChI=1S/C21H19ClN8O/c22-15-4-3-14-12-28(6-5-13(14)10-15)7-8-29-19-16(11-24-29)20-25-18(17-2-1-9-31-17)27-30(20)21(23)26-19/h1-4,9-11H,5-8,12H2,(H2,23,26). The Labute approximate surface area is 182 Å². The second-order valence-electron chi connectivity index (χ2n) is 7.66. The fourth-order valence-corrected chi connectivity index (χ4v) is 4.33. The molecule has 0 atom stereocenters. The molecule has 4 aromatic heterocycles. The summed E-state index contributed by atoms with van der Waals surface area (Å²) in [5.74, 6) is 1.31. The summed E-state index contributed by atoms with van der Waals surface area (Å²) in [6.07, 6.45) is 4.35. The van der Waals surface area contributed by atoms with Gasteiger partial charge in [0.2, 0.25) is 11.8 Å². The molecule has 0 fully saturated rings. The average molecular weight is 435 g/mol. The molecule has 0 aliphatic carbocycles. The molecule has 0 amide bonds. The number of rotatable bonds is 4. The maximum Gasteiger partial charge on any atom is 0.225 e. The van der Waals surface area contributed by atoms with Gasteiger partial charge in [0, 0.05) is 24.7 Å². The summed E-state index contributed by atoms with van der Waals surface area (Å²) in [6, 6.07) is 9.75. The van der Waals surface area contributed by atoms with Crippen LogP contribution in [0.5, 0.6) is 0 Å². The fraction of sp³-hybridized carbons (Fsp3) is 0.238. The summed E-state index contributed by atoms with van der Waals surface area (Å²) in [4.78, 5) is 11.6. The van der Waals surface area contributed by atoms with Crippen LogP contribution in [0.25, 0.3) is 28.3 Å². The molecule has 0 saturated heterocycles. The van der Waals surface area contributed by atoms with Gasteiger partial charge in [-0.05, 0) is 41.8 Å². The van der Waals surface area contributed by atoms with Gasteiger partial charge in [0.05, 0.1) is 24.4 Å². The Balaban J connectivity index is 1.27. The van der Waals surface area contributed by atoms with Crippen LogP contribution in [-0.2, 0) is 19.5 Å². The SMILES string of the molecule is Nc1nc2c(cnn2CCN2CCc3cc(Cl)ccc3C2)c2nc(-c3ccco3)nn12. The number of anilines is 1. The van der Waals surface area contributed by atoms with Crippen LogP contribution in [0.15, 0.2) is 47.2 Å². The van der Waals surface area contributed by atoms with Crippen LogP contribution in [0.3, 0.4) is 0 Å². The van der Waals surface area contributed by atoms with E-state index in [1.54, 1.807) is 18.5 Å². The number of halogens is 1. The lowest BCUT2D eigenvalue weighted by Gasteiger charge is -2.28. The maximum absolute atomic E-state index is 6.18. The van der Waals surface area contributed by atoms with Gasteiger partial charge >= 0.3 is 0 Å². The van der Waals surface area contributed by atoms with E-state index in [1.807, 2.05) is 16.8 Å². The van der Waals surface area contributed by atoms with Crippen LogP contribution >= 0.6 is 11.6 Å². The van der Waals surface area contributed by atoms with E-state index in [0.717, 1.165) is 36.5 Å². The molecule has 1 aromatic carbocycles. The summed E-state index contributed by atoms with van der Waals surface area (Å²) >= 11 is 6.12. The minimum atomic E-state index is 0.262. The zero-order chi connectivity index (χ0) is 20.9. The van der Waals surface area contributed by atoms with E-state index in [4.69, 9.17) is 21.8 Å². The monoisotopic (exact) mass is 434 g/mol. The quantitative estimate of drug-likeness (QED) is 0.463. The molecule has 31 heavy (non-hydrogen) atoms. The van der Waals surface area contributed by atoms with Gasteiger partial charge in [0.15, 0.2) is 17.1 Å². The van der Waals surface area contributed by atoms with Crippen LogP contribution in [0.2, 0.25) is 5.02 Å². The molecule has 2 N–H and O–H groups in total. The van der Waals surface area contributed by atoms with Gasteiger partial charge in [-0.25, -0.2) is 9.67 Å². The number of nitrogens with zero attached hydrogens (tertiary/aromatic N) is 7. The predicted octanol–water partition coefficient (Wildman–Crippen LogP) is 3.03. The molecule has 5 aromatic rings. The highest BCUT2D eigenvalue weighted by atomic mass is 35.5. The maximum atomic E-state index is 6.18. The van der Waals surface area contributed by atoms with Crippen LogP contribution in [0, 0.1) is 0 Å². The molecular formula is C21H19ClN8O. The first-order chi connectivity index (χ1) is 15.2. The first-order valence-electron chi connectivity index (χ1n) is 10.1. The van der Waals surface area contributed by atoms with Crippen LogP contribution < -0.4 is 5.73 Å². The van der Waals surface area contributed by atoms with E-state index in [-0.39, 0.29) is 5.95 Å². The summed E-state index contributed by atoms with van der Waals surface area (Å²) < 4.78 is 8.82. The number of hydrogen-bond acceptors (Lipinski definition) is 7. The number of nitrogens with two attached hydrogens (primary N) is 1. The van der Waals surface area contributed by atoms with Gasteiger partial charge in [-0.3, -0.25) is 4.90 Å². The van der Waals surface area contributed by atoms with E-state index >= 15 is 0 Å². The Kier molecular flexibility index (Phi) is 4.18. The number of nitrogen functional groups attached to an aromatic ring is 1. The van der Waals surface area contributed by atoms with Crippen molar-refractivity contribution in [3.8, 4) is 11.6 Å². The van der Waals surface area contributed by atoms with Crippen molar-refractivity contribution in [1.29, 1.82) is 0 Å². The topological polar surface area (TPSA) is 103 Å². The highest BCUT2D eigenvalue weighted by Gasteiger charge is 2.19. The summed E-state index contributed by atoms with van der Waals surface area (Å²) in [5.41, 5.74) is 10.2. The van der Waals surface area contributed by atoms with Crippen molar-refractivity contribution < 1.29 is 4.42 Å². The van der Waals surface area contributed by atoms with Crippen molar-refractivity contribution >= 4 is 34.2 Å². The number of fused-ring (bicyclic) bond motifs is 4. The molecule has 1 aliphatic heterocycles. The Bertz CT molecular complexity index is 1400. The van der Waals surface area contributed by atoms with E-state index in [2.05, 4.69) is 37.2 Å². The summed E-state index contributed by atoms with van der Waals surface area (Å²) in [6.45, 7) is 3.45. The minimum Gasteiger partial charge on any atom is -0.461 e. The van der Waals surface area contributed by atoms with Gasteiger partial charge < -0.3 is 10.2 Å². The van der Waals surface area contributed by atoms with Gasteiger partial charge in [0.25, 0.3) is 0 Å². The largest absolute Gasteiger partial charge is 0.461 e. The molecule has 156 valence electrons. The fourth-order valence-electron chi connectivity index (χ4n) is 4.14. The first kappa shape index (κ1) is 18.3. The van der Waals surface area contributed by atoms with Crippen LogP contribution in [0.1, 0.15) is 11.1 Å². The van der Waals surface area contributed by atoms with Crippen molar-refractivity contribution in [2.45, 2.75) is 19.5 Å². The first-order valence-corrected chi connectivity index (χ1v) is 10.4. The Morgan fingerprint density at radius 1 is 1.10 bits per heavy atom. The van der Waals surface area contributed by atoms with E-state index in [1.165, 1.54) is 15.6 Å². The second-order valence-corrected chi connectivity index (χ2v) is 8.10. The molecule has 9 nitrogen and oxygen atoms in total. The van der Waals surface area contributed by atoms with Crippen LogP contribution in [-0.4, -0.2) is 47.4 Å². The number of furan rings is 1. The van der Waals surface area contributed by atoms with Gasteiger partial charge in [-0.1, -0.05) is 17.7 Å². The highest BCUT2D eigenvalue weighted by molar-refractivity contribution is 6.30. The molecule has 6 rings (SSSR count). The van der Waals surface area contributed by atoms with Crippen molar-refractivity contribution in [2.75, 3.05) is 18.8 Å². The number of aromatic nitrogens is 6. The molecule has 0 bridgehead atoms. The van der Waals surface area contributed by atoms with Gasteiger partial charge in [-0.15, -0.1) is 5.10 Å². The Morgan fingerprint density at radius 2 is 2.03 bits per heavy atom. The summed E-state index contributed by atoms with van der Waals surface area (Å²) in [7, 11) is 0. The molecule has 0 spiro atoms. The molecule has 0 radical (unpaired) electrons. The lowest BCUT2D eigenvalue weighted by atomic mass is 10.00. The molecule has 0 unspecified atom stereocenters. The number of hydrogen-bond donors (Lipinski definition) is 1. The molecular weight excluding hydrogens is 416 g/mol. The molecule has 1 aliphatic rings. The van der Waals surface area contributed by atoms with Gasteiger partial charge in [0.1, 0.15) is 0 Å². The van der Waals surface area contributed by atoms with Crippen molar-refractivity contribution in [3.63, 3.8) is 0 Å². The zero-order valence-corrected chi connectivity index (χ0v) is 17.3. The normalized spacial score (nSPS) is 14.5. The Morgan fingerprint density at radius 3 is 2.90 bits per heavy atom. The van der Waals surface area contributed by atoms with Crippen LogP contribution in [0.4, 0.5) is 5.95 Å². The van der Waals surface area contributed by atoms with Crippen molar-refractivity contribution in [3.05, 3.63) is 58.9 Å². The average Bonchev–Trinajstić information content (AvgIpc) is 3.51. The van der Waals surface area contributed by atoms with Crippen molar-refractivity contribution in [1.82, 2.24) is 34.3 Å². The molecule has 0 saturated carbocycles. The smallest absolute Gasteiger partial charge is 0.225 e. The number of benzene rings is 1. The Hall–Kier alpha value is -3.43. The van der Waals surface area contributed by atoms with E-state index in [0.29, 0.717) is 29.4 Å². The minimum absolute atomic E-state index is 0.262. The van der Waals surface area contributed by atoms with E-state index < -0.39 is 0 Å². The highest BCUT2D eigenvalue weighted by Crippen LogP contribution is 2.25. The molecule has 5 heterocycles. The third-order valence-corrected chi connectivity index (χ3v) is 5.96. The van der Waals surface area contributed by atoms with Gasteiger partial charge in [-0.2, -0.15) is 14.6 Å². The lowest BCUT2D eigenvalue weighted by Crippen LogP contribution is -2.33. The van der Waals surface area contributed by atoms with Crippen molar-refractivity contribution in [2.24, 2.45) is 0 Å². The summed E-state index contributed by atoms with van der Waals surface area (Å²) in [5, 5.41) is 10.6. The van der Waals surface area contributed by atoms with E-state index in [9.17, 15) is 0 Å². The third-order valence-electron chi connectivity index (χ3n) is 5.73.